The Bertz CT molecular complexity index is 608. The quantitative estimate of drug-likeness (QED) is 0.643. The fourth-order valence-corrected chi connectivity index (χ4v) is 1.53. The Morgan fingerprint density at radius 2 is 2.26 bits per heavy atom. The largest absolute Gasteiger partial charge is 0.358 e. The Hall–Kier alpha value is -2.77. The van der Waals surface area contributed by atoms with Crippen LogP contribution in [0, 0.1) is 10.1 Å². The molecular weight excluding hydrogens is 250 g/mol. The van der Waals surface area contributed by atoms with Crippen molar-refractivity contribution in [2.75, 3.05) is 0 Å². The summed E-state index contributed by atoms with van der Waals surface area (Å²) in [6.07, 6.45) is 2.67. The van der Waals surface area contributed by atoms with E-state index in [1.54, 1.807) is 24.4 Å². The monoisotopic (exact) mass is 261 g/mol. The maximum atomic E-state index is 11.8. The molecule has 0 saturated carbocycles. The predicted octanol–water partition coefficient (Wildman–Crippen LogP) is 0.653. The maximum absolute atomic E-state index is 11.8. The first-order valence-corrected chi connectivity index (χ1v) is 5.44. The molecular formula is C11H11N5O3. The lowest BCUT2D eigenvalue weighted by molar-refractivity contribution is -0.391. The summed E-state index contributed by atoms with van der Waals surface area (Å²) in [4.78, 5) is 29.7. The van der Waals surface area contributed by atoms with Crippen LogP contribution in [-0.2, 0) is 13.6 Å². The minimum Gasteiger partial charge on any atom is -0.358 e. The number of nitro groups is 1. The molecule has 2 aromatic heterocycles. The van der Waals surface area contributed by atoms with Crippen LogP contribution in [0.3, 0.4) is 0 Å². The van der Waals surface area contributed by atoms with Crippen molar-refractivity contribution in [3.63, 3.8) is 0 Å². The van der Waals surface area contributed by atoms with Gasteiger partial charge in [-0.15, -0.1) is 0 Å². The molecule has 0 radical (unpaired) electrons. The molecule has 2 rings (SSSR count). The fourth-order valence-electron chi connectivity index (χ4n) is 1.53. The van der Waals surface area contributed by atoms with Gasteiger partial charge in [-0.25, -0.2) is 9.55 Å². The highest BCUT2D eigenvalue weighted by Crippen LogP contribution is 2.11. The second-order valence-electron chi connectivity index (χ2n) is 3.76. The number of nitrogens with zero attached hydrogens (tertiary/aromatic N) is 4. The Morgan fingerprint density at radius 1 is 1.47 bits per heavy atom. The SMILES string of the molecule is Cn1c([N+](=O)[O-])cnc1C(=O)NCc1ccccn1. The molecule has 0 fully saturated rings. The number of carbonyl (C=O) groups is 1. The Labute approximate surface area is 108 Å². The van der Waals surface area contributed by atoms with E-state index < -0.39 is 10.8 Å². The molecule has 0 saturated heterocycles. The second kappa shape index (κ2) is 5.25. The number of hydrogen-bond donors (Lipinski definition) is 1. The molecule has 0 aromatic carbocycles. The highest BCUT2D eigenvalue weighted by atomic mass is 16.6. The van der Waals surface area contributed by atoms with Gasteiger partial charge in [0.05, 0.1) is 19.3 Å². The van der Waals surface area contributed by atoms with E-state index in [1.807, 2.05) is 0 Å². The molecule has 2 aromatic rings. The van der Waals surface area contributed by atoms with Gasteiger partial charge in [0.1, 0.15) is 6.20 Å². The summed E-state index contributed by atoms with van der Waals surface area (Å²) in [5, 5.41) is 13.2. The second-order valence-corrected chi connectivity index (χ2v) is 3.76. The van der Waals surface area contributed by atoms with Crippen molar-refractivity contribution in [1.29, 1.82) is 0 Å². The molecule has 0 bridgehead atoms. The first-order chi connectivity index (χ1) is 9.09. The summed E-state index contributed by atoms with van der Waals surface area (Å²) in [6.45, 7) is 0.236. The smallest absolute Gasteiger partial charge is 0.343 e. The molecule has 1 N–H and O–H groups in total. The Kier molecular flexibility index (Phi) is 3.51. The van der Waals surface area contributed by atoms with Gasteiger partial charge < -0.3 is 15.4 Å². The van der Waals surface area contributed by atoms with Crippen LogP contribution >= 0.6 is 0 Å². The summed E-state index contributed by atoms with van der Waals surface area (Å²) >= 11 is 0. The summed E-state index contributed by atoms with van der Waals surface area (Å²) in [6, 6.07) is 5.34. The van der Waals surface area contributed by atoms with E-state index in [0.717, 1.165) is 10.8 Å². The molecule has 1 amide bonds. The van der Waals surface area contributed by atoms with Crippen LogP contribution < -0.4 is 5.32 Å². The van der Waals surface area contributed by atoms with Crippen molar-refractivity contribution in [3.05, 3.63) is 52.2 Å². The Balaban J connectivity index is 2.07. The maximum Gasteiger partial charge on any atom is 0.343 e. The molecule has 0 aliphatic rings. The number of hydrogen-bond acceptors (Lipinski definition) is 5. The lowest BCUT2D eigenvalue weighted by Gasteiger charge is -2.02. The third kappa shape index (κ3) is 2.73. The number of aromatic nitrogens is 3. The average molecular weight is 261 g/mol. The molecule has 19 heavy (non-hydrogen) atoms. The molecule has 0 aliphatic carbocycles. The first kappa shape index (κ1) is 12.7. The van der Waals surface area contributed by atoms with Crippen LogP contribution in [0.2, 0.25) is 0 Å². The fraction of sp³-hybridized carbons (Fsp3) is 0.182. The number of imidazole rings is 1. The highest BCUT2D eigenvalue weighted by Gasteiger charge is 2.22. The van der Waals surface area contributed by atoms with Crippen LogP contribution in [-0.4, -0.2) is 25.4 Å². The van der Waals surface area contributed by atoms with E-state index in [1.165, 1.54) is 7.05 Å². The van der Waals surface area contributed by atoms with Crippen molar-refractivity contribution in [1.82, 2.24) is 19.9 Å². The van der Waals surface area contributed by atoms with Gasteiger partial charge in [0.2, 0.25) is 0 Å². The predicted molar refractivity (Wildman–Crippen MR) is 65.3 cm³/mol. The zero-order chi connectivity index (χ0) is 13.8. The van der Waals surface area contributed by atoms with Gasteiger partial charge in [0.15, 0.2) is 0 Å². The lowest BCUT2D eigenvalue weighted by atomic mass is 10.3. The number of amides is 1. The van der Waals surface area contributed by atoms with Gasteiger partial charge in [-0.2, -0.15) is 0 Å². The topological polar surface area (TPSA) is 103 Å². The van der Waals surface area contributed by atoms with Crippen LogP contribution in [0.1, 0.15) is 16.3 Å². The third-order valence-electron chi connectivity index (χ3n) is 2.51. The van der Waals surface area contributed by atoms with E-state index >= 15 is 0 Å². The minimum atomic E-state index is -0.595. The lowest BCUT2D eigenvalue weighted by Crippen LogP contribution is -2.26. The molecule has 98 valence electrons. The molecule has 8 heteroatoms. The van der Waals surface area contributed by atoms with Gasteiger partial charge in [-0.05, 0) is 17.1 Å². The summed E-state index contributed by atoms with van der Waals surface area (Å²) in [7, 11) is 1.42. The number of nitrogens with one attached hydrogen (secondary N) is 1. The Morgan fingerprint density at radius 3 is 2.84 bits per heavy atom. The first-order valence-electron chi connectivity index (χ1n) is 5.44. The summed E-state index contributed by atoms with van der Waals surface area (Å²) < 4.78 is 1.13. The minimum absolute atomic E-state index is 0.0115. The number of rotatable bonds is 4. The van der Waals surface area contributed by atoms with E-state index in [0.29, 0.717) is 5.69 Å². The van der Waals surface area contributed by atoms with E-state index in [4.69, 9.17) is 0 Å². The normalized spacial score (nSPS) is 10.2. The van der Waals surface area contributed by atoms with Gasteiger partial charge >= 0.3 is 11.7 Å². The molecule has 8 nitrogen and oxygen atoms in total. The standard InChI is InChI=1S/C11H11N5O3/c1-15-9(16(18)19)7-13-10(15)11(17)14-6-8-4-2-3-5-12-8/h2-5,7H,6H2,1H3,(H,14,17). The van der Waals surface area contributed by atoms with Gasteiger partial charge in [-0.3, -0.25) is 9.78 Å². The molecule has 0 aliphatic heterocycles. The molecule has 0 unspecified atom stereocenters. The van der Waals surface area contributed by atoms with Crippen molar-refractivity contribution < 1.29 is 9.72 Å². The molecule has 0 atom stereocenters. The van der Waals surface area contributed by atoms with Gasteiger partial charge in [-0.1, -0.05) is 6.07 Å². The van der Waals surface area contributed by atoms with Crippen LogP contribution in [0.25, 0.3) is 0 Å². The van der Waals surface area contributed by atoms with E-state index in [2.05, 4.69) is 15.3 Å². The summed E-state index contributed by atoms with van der Waals surface area (Å²) in [5.74, 6) is -0.730. The van der Waals surface area contributed by atoms with E-state index in [-0.39, 0.29) is 18.2 Å². The highest BCUT2D eigenvalue weighted by molar-refractivity contribution is 5.91. The summed E-state index contributed by atoms with van der Waals surface area (Å²) in [5.41, 5.74) is 0.694. The van der Waals surface area contributed by atoms with Gasteiger partial charge in [0, 0.05) is 6.20 Å². The van der Waals surface area contributed by atoms with Crippen LogP contribution in [0.15, 0.2) is 30.6 Å². The zero-order valence-corrected chi connectivity index (χ0v) is 10.1. The van der Waals surface area contributed by atoms with Gasteiger partial charge in [0.25, 0.3) is 5.82 Å². The van der Waals surface area contributed by atoms with E-state index in [9.17, 15) is 14.9 Å². The number of carbonyl (C=O) groups excluding carboxylic acids is 1. The van der Waals surface area contributed by atoms with Crippen LogP contribution in [0.5, 0.6) is 0 Å². The van der Waals surface area contributed by atoms with Crippen molar-refractivity contribution >= 4 is 11.7 Å². The molecule has 0 spiro atoms. The van der Waals surface area contributed by atoms with Crippen LogP contribution in [0.4, 0.5) is 5.82 Å². The average Bonchev–Trinajstić information content (AvgIpc) is 2.79. The zero-order valence-electron chi connectivity index (χ0n) is 10.1. The third-order valence-corrected chi connectivity index (χ3v) is 2.51. The van der Waals surface area contributed by atoms with Crippen molar-refractivity contribution in [2.24, 2.45) is 7.05 Å². The molecule has 2 heterocycles. The van der Waals surface area contributed by atoms with Crippen molar-refractivity contribution in [2.45, 2.75) is 6.54 Å². The van der Waals surface area contributed by atoms with Crippen molar-refractivity contribution in [3.8, 4) is 0 Å². The number of pyridine rings is 1.